The standard InChI is InChI=1S/C15H23N3O3.ClH/c1-21-13(10-16)9-14(19)18-11-15(20)17-8-7-12-5-3-2-4-6-12;/h2-6,13H,7-11,16H2,1H3,(H,17,20)(H,18,19);1H. The van der Waals surface area contributed by atoms with E-state index < -0.39 is 0 Å². The first-order valence-electron chi connectivity index (χ1n) is 6.96. The van der Waals surface area contributed by atoms with Crippen LogP contribution in [0, 0.1) is 0 Å². The van der Waals surface area contributed by atoms with Gasteiger partial charge >= 0.3 is 0 Å². The zero-order valence-corrected chi connectivity index (χ0v) is 13.5. The third-order valence-electron chi connectivity index (χ3n) is 3.03. The average Bonchev–Trinajstić information content (AvgIpc) is 2.51. The summed E-state index contributed by atoms with van der Waals surface area (Å²) in [6.07, 6.45) is 0.607. The van der Waals surface area contributed by atoms with Gasteiger partial charge in [-0.1, -0.05) is 30.3 Å². The van der Waals surface area contributed by atoms with Crippen LogP contribution in [0.2, 0.25) is 0 Å². The van der Waals surface area contributed by atoms with E-state index in [-0.39, 0.29) is 49.8 Å². The van der Waals surface area contributed by atoms with Gasteiger partial charge in [0.05, 0.1) is 19.1 Å². The molecular weight excluding hydrogens is 306 g/mol. The lowest BCUT2D eigenvalue weighted by molar-refractivity contribution is -0.127. The number of carbonyl (C=O) groups is 2. The number of nitrogens with one attached hydrogen (secondary N) is 2. The maximum atomic E-state index is 11.6. The van der Waals surface area contributed by atoms with Gasteiger partial charge in [0.15, 0.2) is 0 Å². The topological polar surface area (TPSA) is 93.4 Å². The quantitative estimate of drug-likeness (QED) is 0.605. The molecule has 6 nitrogen and oxygen atoms in total. The molecule has 1 unspecified atom stereocenters. The van der Waals surface area contributed by atoms with Crippen molar-refractivity contribution in [1.82, 2.24) is 10.6 Å². The Labute approximate surface area is 137 Å². The summed E-state index contributed by atoms with van der Waals surface area (Å²) >= 11 is 0. The van der Waals surface area contributed by atoms with Crippen LogP contribution in [0.4, 0.5) is 0 Å². The first-order valence-corrected chi connectivity index (χ1v) is 6.96. The van der Waals surface area contributed by atoms with Crippen LogP contribution in [-0.2, 0) is 20.7 Å². The largest absolute Gasteiger partial charge is 0.380 e. The van der Waals surface area contributed by atoms with Crippen molar-refractivity contribution in [2.45, 2.75) is 18.9 Å². The second-order valence-corrected chi connectivity index (χ2v) is 4.66. The number of nitrogens with two attached hydrogens (primary N) is 1. The molecule has 7 heteroatoms. The maximum absolute atomic E-state index is 11.6. The van der Waals surface area contributed by atoms with Crippen molar-refractivity contribution < 1.29 is 14.3 Å². The van der Waals surface area contributed by atoms with Gasteiger partial charge in [-0.05, 0) is 12.0 Å². The van der Waals surface area contributed by atoms with E-state index in [0.717, 1.165) is 12.0 Å². The highest BCUT2D eigenvalue weighted by Crippen LogP contribution is 1.98. The minimum absolute atomic E-state index is 0. The highest BCUT2D eigenvalue weighted by atomic mass is 35.5. The fourth-order valence-corrected chi connectivity index (χ4v) is 1.77. The van der Waals surface area contributed by atoms with Gasteiger partial charge in [-0.25, -0.2) is 0 Å². The number of benzene rings is 1. The Balaban J connectivity index is 0.00000441. The first-order chi connectivity index (χ1) is 10.2. The molecule has 0 saturated heterocycles. The summed E-state index contributed by atoms with van der Waals surface area (Å²) in [5.41, 5.74) is 6.58. The highest BCUT2D eigenvalue weighted by Gasteiger charge is 2.12. The molecule has 1 rings (SSSR count). The molecule has 1 aromatic rings. The number of halogens is 1. The number of carbonyl (C=O) groups excluding carboxylic acids is 2. The number of methoxy groups -OCH3 is 1. The monoisotopic (exact) mass is 329 g/mol. The van der Waals surface area contributed by atoms with Gasteiger partial charge in [-0.15, -0.1) is 12.4 Å². The van der Waals surface area contributed by atoms with Crippen molar-refractivity contribution in [2.75, 3.05) is 26.7 Å². The summed E-state index contributed by atoms with van der Waals surface area (Å²) in [5.74, 6) is -0.452. The summed E-state index contributed by atoms with van der Waals surface area (Å²) in [4.78, 5) is 23.1. The van der Waals surface area contributed by atoms with Crippen molar-refractivity contribution in [3.05, 3.63) is 35.9 Å². The molecule has 0 radical (unpaired) electrons. The zero-order chi connectivity index (χ0) is 15.5. The molecule has 1 atom stereocenters. The van der Waals surface area contributed by atoms with Gasteiger partial charge in [0.25, 0.3) is 0 Å². The number of rotatable bonds is 9. The van der Waals surface area contributed by atoms with Crippen LogP contribution in [0.5, 0.6) is 0 Å². The normalized spacial score (nSPS) is 11.2. The Kier molecular flexibility index (Phi) is 11.1. The van der Waals surface area contributed by atoms with E-state index in [1.807, 2.05) is 30.3 Å². The van der Waals surface area contributed by atoms with Crippen LogP contribution in [0.3, 0.4) is 0 Å². The minimum atomic E-state index is -0.314. The molecule has 4 N–H and O–H groups in total. The third kappa shape index (κ3) is 8.61. The smallest absolute Gasteiger partial charge is 0.239 e. The van der Waals surface area contributed by atoms with Crippen molar-refractivity contribution in [1.29, 1.82) is 0 Å². The van der Waals surface area contributed by atoms with E-state index in [4.69, 9.17) is 10.5 Å². The second kappa shape index (κ2) is 12.0. The predicted molar refractivity (Wildman–Crippen MR) is 87.9 cm³/mol. The van der Waals surface area contributed by atoms with Crippen LogP contribution < -0.4 is 16.4 Å². The number of hydrogen-bond acceptors (Lipinski definition) is 4. The van der Waals surface area contributed by atoms with E-state index in [0.29, 0.717) is 6.54 Å². The van der Waals surface area contributed by atoms with E-state index >= 15 is 0 Å². The summed E-state index contributed by atoms with van der Waals surface area (Å²) < 4.78 is 5.00. The molecule has 0 bridgehead atoms. The lowest BCUT2D eigenvalue weighted by atomic mass is 10.1. The summed E-state index contributed by atoms with van der Waals surface area (Å²) in [6, 6.07) is 9.88. The van der Waals surface area contributed by atoms with Gasteiger partial charge in [0.2, 0.25) is 11.8 Å². The Morgan fingerprint density at radius 1 is 1.18 bits per heavy atom. The molecule has 0 spiro atoms. The molecule has 0 heterocycles. The first kappa shape index (κ1) is 20.4. The molecule has 124 valence electrons. The van der Waals surface area contributed by atoms with Crippen LogP contribution in [0.1, 0.15) is 12.0 Å². The molecule has 22 heavy (non-hydrogen) atoms. The van der Waals surface area contributed by atoms with Crippen molar-refractivity contribution in [3.63, 3.8) is 0 Å². The molecule has 0 fully saturated rings. The van der Waals surface area contributed by atoms with Gasteiger partial charge in [0.1, 0.15) is 0 Å². The third-order valence-corrected chi connectivity index (χ3v) is 3.03. The van der Waals surface area contributed by atoms with Crippen molar-refractivity contribution in [3.8, 4) is 0 Å². The number of amides is 2. The Bertz CT molecular complexity index is 439. The van der Waals surface area contributed by atoms with E-state index in [1.165, 1.54) is 7.11 Å². The van der Waals surface area contributed by atoms with Gasteiger partial charge in [-0.2, -0.15) is 0 Å². The fraction of sp³-hybridized carbons (Fsp3) is 0.467. The Morgan fingerprint density at radius 3 is 2.45 bits per heavy atom. The molecule has 1 aromatic carbocycles. The average molecular weight is 330 g/mol. The van der Waals surface area contributed by atoms with Crippen molar-refractivity contribution >= 4 is 24.2 Å². The Morgan fingerprint density at radius 2 is 1.86 bits per heavy atom. The molecule has 0 saturated carbocycles. The minimum Gasteiger partial charge on any atom is -0.380 e. The molecular formula is C15H24ClN3O3. The zero-order valence-electron chi connectivity index (χ0n) is 12.7. The molecule has 2 amide bonds. The second-order valence-electron chi connectivity index (χ2n) is 4.66. The molecule has 0 aliphatic heterocycles. The maximum Gasteiger partial charge on any atom is 0.239 e. The van der Waals surface area contributed by atoms with Gasteiger partial charge in [-0.3, -0.25) is 9.59 Å². The fourth-order valence-electron chi connectivity index (χ4n) is 1.77. The summed E-state index contributed by atoms with van der Waals surface area (Å²) in [6.45, 7) is 0.782. The van der Waals surface area contributed by atoms with Gasteiger partial charge < -0.3 is 21.1 Å². The van der Waals surface area contributed by atoms with E-state index in [2.05, 4.69) is 10.6 Å². The highest BCUT2D eigenvalue weighted by molar-refractivity contribution is 5.85. The molecule has 0 aliphatic carbocycles. The summed E-state index contributed by atoms with van der Waals surface area (Å²) in [5, 5.41) is 5.30. The number of hydrogen-bond donors (Lipinski definition) is 3. The molecule has 0 aromatic heterocycles. The number of ether oxygens (including phenoxy) is 1. The predicted octanol–water partition coefficient (Wildman–Crippen LogP) is 0.247. The Hall–Kier alpha value is -1.63. The van der Waals surface area contributed by atoms with Crippen LogP contribution in [0.25, 0.3) is 0 Å². The lowest BCUT2D eigenvalue weighted by Gasteiger charge is -2.12. The van der Waals surface area contributed by atoms with Crippen LogP contribution in [-0.4, -0.2) is 44.7 Å². The van der Waals surface area contributed by atoms with Crippen LogP contribution in [0.15, 0.2) is 30.3 Å². The molecule has 0 aliphatic rings. The van der Waals surface area contributed by atoms with Gasteiger partial charge in [0, 0.05) is 20.2 Å². The summed E-state index contributed by atoms with van der Waals surface area (Å²) in [7, 11) is 1.50. The lowest BCUT2D eigenvalue weighted by Crippen LogP contribution is -2.39. The van der Waals surface area contributed by atoms with E-state index in [9.17, 15) is 9.59 Å². The van der Waals surface area contributed by atoms with E-state index in [1.54, 1.807) is 0 Å². The SMILES string of the molecule is COC(CN)CC(=O)NCC(=O)NCCc1ccccc1.Cl. The van der Waals surface area contributed by atoms with Crippen molar-refractivity contribution in [2.24, 2.45) is 5.73 Å². The van der Waals surface area contributed by atoms with Crippen LogP contribution >= 0.6 is 12.4 Å².